The van der Waals surface area contributed by atoms with Crippen molar-refractivity contribution < 1.29 is 9.72 Å². The van der Waals surface area contributed by atoms with Crippen molar-refractivity contribution in [1.29, 1.82) is 0 Å². The molecule has 7 nitrogen and oxygen atoms in total. The second kappa shape index (κ2) is 4.54. The second-order valence-electron chi connectivity index (χ2n) is 3.06. The van der Waals surface area contributed by atoms with E-state index in [9.17, 15) is 14.9 Å². The van der Waals surface area contributed by atoms with Crippen LogP contribution >= 0.6 is 0 Å². The third kappa shape index (κ3) is 2.76. The van der Waals surface area contributed by atoms with Gasteiger partial charge in [0.2, 0.25) is 5.91 Å². The maximum absolute atomic E-state index is 10.6. The minimum atomic E-state index is -0.492. The van der Waals surface area contributed by atoms with Crippen LogP contribution in [0.2, 0.25) is 0 Å². The fourth-order valence-corrected chi connectivity index (χ4v) is 1.22. The first-order chi connectivity index (χ1) is 7.02. The summed E-state index contributed by atoms with van der Waals surface area (Å²) in [5.41, 5.74) is 0. The van der Waals surface area contributed by atoms with Crippen molar-refractivity contribution in [2.24, 2.45) is 0 Å². The summed E-state index contributed by atoms with van der Waals surface area (Å²) in [6.07, 6.45) is 1.21. The van der Waals surface area contributed by atoms with Crippen molar-refractivity contribution in [1.82, 2.24) is 14.9 Å². The Balaban J connectivity index is 2.70. The first-order valence-corrected chi connectivity index (χ1v) is 4.43. The van der Waals surface area contributed by atoms with Gasteiger partial charge in [-0.05, 0) is 4.92 Å². The van der Waals surface area contributed by atoms with Gasteiger partial charge in [-0.2, -0.15) is 0 Å². The molecule has 0 atom stereocenters. The van der Waals surface area contributed by atoms with Gasteiger partial charge in [0.05, 0.1) is 6.54 Å². The molecule has 82 valence electrons. The number of nitro groups is 1. The lowest BCUT2D eigenvalue weighted by Gasteiger charge is -2.03. The standard InChI is InChI=1S/C8H12N4O3/c1-6-10-5-8(12(14)15)11(6)4-3-9-7(2)13/h5H,3-4H2,1-2H3,(H,9,13). The quantitative estimate of drug-likeness (QED) is 0.571. The Kier molecular flexibility index (Phi) is 3.37. The van der Waals surface area contributed by atoms with Gasteiger partial charge < -0.3 is 15.4 Å². The summed E-state index contributed by atoms with van der Waals surface area (Å²) in [6, 6.07) is 0. The first-order valence-electron chi connectivity index (χ1n) is 4.43. The highest BCUT2D eigenvalue weighted by Gasteiger charge is 2.16. The van der Waals surface area contributed by atoms with E-state index in [-0.39, 0.29) is 11.7 Å². The van der Waals surface area contributed by atoms with Crippen molar-refractivity contribution in [3.8, 4) is 0 Å². The zero-order chi connectivity index (χ0) is 11.4. The molecule has 0 aliphatic carbocycles. The molecule has 0 unspecified atom stereocenters. The summed E-state index contributed by atoms with van der Waals surface area (Å²) in [5, 5.41) is 13.2. The summed E-state index contributed by atoms with van der Waals surface area (Å²) in [6.45, 7) is 3.78. The van der Waals surface area contributed by atoms with Crippen molar-refractivity contribution >= 4 is 11.7 Å². The Morgan fingerprint density at radius 3 is 2.93 bits per heavy atom. The average Bonchev–Trinajstić information content (AvgIpc) is 2.47. The van der Waals surface area contributed by atoms with E-state index in [1.807, 2.05) is 0 Å². The van der Waals surface area contributed by atoms with Crippen LogP contribution in [0.4, 0.5) is 5.82 Å². The van der Waals surface area contributed by atoms with Crippen LogP contribution in [0.25, 0.3) is 0 Å². The lowest BCUT2D eigenvalue weighted by atomic mass is 10.5. The second-order valence-corrected chi connectivity index (χ2v) is 3.06. The van der Waals surface area contributed by atoms with Crippen LogP contribution in [0, 0.1) is 17.0 Å². The molecule has 0 bridgehead atoms. The number of carbonyl (C=O) groups is 1. The number of imidazole rings is 1. The fourth-order valence-electron chi connectivity index (χ4n) is 1.22. The minimum absolute atomic E-state index is 0.0575. The molecule has 1 aromatic rings. The van der Waals surface area contributed by atoms with E-state index in [4.69, 9.17) is 0 Å². The van der Waals surface area contributed by atoms with Gasteiger partial charge >= 0.3 is 5.82 Å². The Morgan fingerprint density at radius 1 is 1.73 bits per heavy atom. The number of hydrogen-bond donors (Lipinski definition) is 1. The Bertz CT molecular complexity index is 385. The lowest BCUT2D eigenvalue weighted by molar-refractivity contribution is -0.392. The highest BCUT2D eigenvalue weighted by Crippen LogP contribution is 2.12. The molecular formula is C8H12N4O3. The predicted molar refractivity (Wildman–Crippen MR) is 52.3 cm³/mol. The van der Waals surface area contributed by atoms with Crippen LogP contribution in [0.15, 0.2) is 6.20 Å². The van der Waals surface area contributed by atoms with Gasteiger partial charge in [-0.1, -0.05) is 0 Å². The molecule has 7 heteroatoms. The zero-order valence-corrected chi connectivity index (χ0v) is 8.56. The van der Waals surface area contributed by atoms with E-state index in [2.05, 4.69) is 10.3 Å². The van der Waals surface area contributed by atoms with E-state index < -0.39 is 4.92 Å². The monoisotopic (exact) mass is 212 g/mol. The van der Waals surface area contributed by atoms with Gasteiger partial charge in [0.25, 0.3) is 0 Å². The van der Waals surface area contributed by atoms with Gasteiger partial charge in [-0.15, -0.1) is 0 Å². The number of nitrogens with zero attached hydrogens (tertiary/aromatic N) is 3. The molecule has 0 aromatic carbocycles. The van der Waals surface area contributed by atoms with Crippen LogP contribution < -0.4 is 5.32 Å². The predicted octanol–water partition coefficient (Wildman–Crippen LogP) is 0.236. The minimum Gasteiger partial charge on any atom is -0.358 e. The van der Waals surface area contributed by atoms with Crippen LogP contribution in [0.3, 0.4) is 0 Å². The SMILES string of the molecule is CC(=O)NCCn1c([N+](=O)[O-])cnc1C. The van der Waals surface area contributed by atoms with Gasteiger partial charge in [0.1, 0.15) is 12.7 Å². The zero-order valence-electron chi connectivity index (χ0n) is 8.56. The molecule has 1 rings (SSSR count). The molecule has 1 heterocycles. The summed E-state index contributed by atoms with van der Waals surface area (Å²) < 4.78 is 1.45. The van der Waals surface area contributed by atoms with E-state index >= 15 is 0 Å². The topological polar surface area (TPSA) is 90.1 Å². The molecule has 0 aliphatic heterocycles. The van der Waals surface area contributed by atoms with E-state index in [0.29, 0.717) is 18.9 Å². The number of hydrogen-bond acceptors (Lipinski definition) is 4. The van der Waals surface area contributed by atoms with E-state index in [1.54, 1.807) is 6.92 Å². The smallest absolute Gasteiger partial charge is 0.342 e. The van der Waals surface area contributed by atoms with Gasteiger partial charge in [-0.3, -0.25) is 4.79 Å². The number of aryl methyl sites for hydroxylation is 1. The molecule has 0 spiro atoms. The molecule has 15 heavy (non-hydrogen) atoms. The van der Waals surface area contributed by atoms with Crippen LogP contribution in [0.1, 0.15) is 12.7 Å². The Hall–Kier alpha value is -1.92. The molecule has 0 saturated carbocycles. The van der Waals surface area contributed by atoms with Gasteiger partial charge in [0.15, 0.2) is 5.82 Å². The summed E-state index contributed by atoms with van der Waals surface area (Å²) in [7, 11) is 0. The van der Waals surface area contributed by atoms with Gasteiger partial charge in [-0.25, -0.2) is 9.55 Å². The summed E-state index contributed by atoms with van der Waals surface area (Å²) in [5.74, 6) is 0.348. The van der Waals surface area contributed by atoms with Crippen molar-refractivity contribution in [2.45, 2.75) is 20.4 Å². The van der Waals surface area contributed by atoms with E-state index in [0.717, 1.165) is 0 Å². The lowest BCUT2D eigenvalue weighted by Crippen LogP contribution is -2.25. The summed E-state index contributed by atoms with van der Waals surface area (Å²) in [4.78, 5) is 24.5. The maximum atomic E-state index is 10.6. The third-order valence-corrected chi connectivity index (χ3v) is 1.93. The first kappa shape index (κ1) is 11.2. The molecule has 0 aliphatic rings. The highest BCUT2D eigenvalue weighted by atomic mass is 16.6. The molecule has 0 saturated heterocycles. The van der Waals surface area contributed by atoms with Crippen LogP contribution in [-0.2, 0) is 11.3 Å². The summed E-state index contributed by atoms with van der Waals surface area (Å²) >= 11 is 0. The molecule has 1 aromatic heterocycles. The average molecular weight is 212 g/mol. The highest BCUT2D eigenvalue weighted by molar-refractivity contribution is 5.72. The number of aromatic nitrogens is 2. The molecular weight excluding hydrogens is 200 g/mol. The molecule has 1 N–H and O–H groups in total. The number of carbonyl (C=O) groups excluding carboxylic acids is 1. The molecule has 0 fully saturated rings. The van der Waals surface area contributed by atoms with E-state index in [1.165, 1.54) is 17.7 Å². The maximum Gasteiger partial charge on any atom is 0.342 e. The van der Waals surface area contributed by atoms with Crippen molar-refractivity contribution in [3.05, 3.63) is 22.1 Å². The largest absolute Gasteiger partial charge is 0.358 e. The van der Waals surface area contributed by atoms with Crippen LogP contribution in [0.5, 0.6) is 0 Å². The number of rotatable bonds is 4. The Morgan fingerprint density at radius 2 is 2.40 bits per heavy atom. The normalized spacial score (nSPS) is 10.0. The van der Waals surface area contributed by atoms with Crippen molar-refractivity contribution in [3.63, 3.8) is 0 Å². The molecule has 0 radical (unpaired) electrons. The number of nitrogens with one attached hydrogen (secondary N) is 1. The van der Waals surface area contributed by atoms with Gasteiger partial charge in [0, 0.05) is 13.8 Å². The third-order valence-electron chi connectivity index (χ3n) is 1.93. The molecule has 1 amide bonds. The Labute approximate surface area is 86.3 Å². The van der Waals surface area contributed by atoms with Crippen molar-refractivity contribution in [2.75, 3.05) is 6.54 Å². The fraction of sp³-hybridized carbons (Fsp3) is 0.500. The van der Waals surface area contributed by atoms with Crippen LogP contribution in [-0.4, -0.2) is 26.9 Å². The number of amides is 1.